The maximum Gasteiger partial charge on any atom is 0.327 e. The monoisotopic (exact) mass is 331 g/mol. The van der Waals surface area contributed by atoms with Crippen molar-refractivity contribution in [2.24, 2.45) is 11.8 Å². The Balaban J connectivity index is 2.46. The summed E-state index contributed by atoms with van der Waals surface area (Å²) in [5.74, 6) is -1.33. The van der Waals surface area contributed by atoms with E-state index >= 15 is 0 Å². The summed E-state index contributed by atoms with van der Waals surface area (Å²) in [7, 11) is 0. The Bertz CT molecular complexity index is 453. The third-order valence-electron chi connectivity index (χ3n) is 3.50. The lowest BCUT2D eigenvalue weighted by atomic mass is 9.98. The van der Waals surface area contributed by atoms with Gasteiger partial charge in [0.15, 0.2) is 0 Å². The maximum atomic E-state index is 11.9. The van der Waals surface area contributed by atoms with E-state index in [4.69, 9.17) is 9.84 Å². The van der Waals surface area contributed by atoms with Gasteiger partial charge in [-0.05, 0) is 6.42 Å². The van der Waals surface area contributed by atoms with Crippen LogP contribution in [-0.2, 0) is 23.9 Å². The van der Waals surface area contributed by atoms with Gasteiger partial charge in [0.05, 0.1) is 6.61 Å². The van der Waals surface area contributed by atoms with E-state index in [1.165, 1.54) is 25.6 Å². The van der Waals surface area contributed by atoms with Gasteiger partial charge in [0.25, 0.3) is 0 Å². The van der Waals surface area contributed by atoms with Crippen LogP contribution in [0.2, 0.25) is 0 Å². The van der Waals surface area contributed by atoms with Crippen LogP contribution >= 0.6 is 11.8 Å². The molecular formula is C14H21NO6S. The molecule has 2 N–H and O–H groups in total. The van der Waals surface area contributed by atoms with Gasteiger partial charge >= 0.3 is 11.9 Å². The fourth-order valence-electron chi connectivity index (χ4n) is 2.36. The maximum absolute atomic E-state index is 11.9. The highest BCUT2D eigenvalue weighted by atomic mass is 32.2. The Labute approximate surface area is 133 Å². The van der Waals surface area contributed by atoms with Gasteiger partial charge < -0.3 is 15.2 Å². The zero-order valence-electron chi connectivity index (χ0n) is 12.7. The molecule has 3 atom stereocenters. The molecule has 8 heteroatoms. The first-order valence-corrected chi connectivity index (χ1v) is 8.20. The van der Waals surface area contributed by atoms with E-state index in [1.807, 2.05) is 0 Å². The first-order valence-electron chi connectivity index (χ1n) is 7.05. The molecule has 1 fully saturated rings. The van der Waals surface area contributed by atoms with E-state index in [1.54, 1.807) is 0 Å². The molecule has 1 amide bonds. The SMILES string of the molecule is CC(=O)NC(CSC[C@H]1C(=O)CC[C@@H]1COC(C)=O)C(=O)O. The first-order chi connectivity index (χ1) is 10.3. The van der Waals surface area contributed by atoms with E-state index in [9.17, 15) is 19.2 Å². The van der Waals surface area contributed by atoms with Gasteiger partial charge in [-0.25, -0.2) is 4.79 Å². The number of thioether (sulfide) groups is 1. The standard InChI is InChI=1S/C14H21NO6S/c1-8(16)15-12(14(19)20)7-22-6-11-10(3-4-13(11)18)5-21-9(2)17/h10-12H,3-7H2,1-2H3,(H,15,16)(H,19,20)/t10-,11-,12?/m1/s1. The molecule has 1 aliphatic carbocycles. The minimum Gasteiger partial charge on any atom is -0.480 e. The van der Waals surface area contributed by atoms with Crippen LogP contribution in [0, 0.1) is 11.8 Å². The van der Waals surface area contributed by atoms with Crippen LogP contribution in [0.1, 0.15) is 26.7 Å². The van der Waals surface area contributed by atoms with Gasteiger partial charge in [0.2, 0.25) is 5.91 Å². The summed E-state index contributed by atoms with van der Waals surface area (Å²) in [5.41, 5.74) is 0. The van der Waals surface area contributed by atoms with Crippen LogP contribution in [0.15, 0.2) is 0 Å². The Kier molecular flexibility index (Phi) is 7.37. The molecule has 0 saturated heterocycles. The van der Waals surface area contributed by atoms with Crippen LogP contribution in [0.25, 0.3) is 0 Å². The molecule has 1 aliphatic rings. The number of carboxylic acid groups (broad SMARTS) is 1. The number of hydrogen-bond donors (Lipinski definition) is 2. The topological polar surface area (TPSA) is 110 Å². The van der Waals surface area contributed by atoms with Crippen molar-refractivity contribution in [1.29, 1.82) is 0 Å². The first kappa shape index (κ1) is 18.5. The van der Waals surface area contributed by atoms with Gasteiger partial charge in [-0.1, -0.05) is 0 Å². The Morgan fingerprint density at radius 1 is 1.41 bits per heavy atom. The van der Waals surface area contributed by atoms with E-state index in [-0.39, 0.29) is 35.9 Å². The van der Waals surface area contributed by atoms with E-state index in [0.717, 1.165) is 0 Å². The Morgan fingerprint density at radius 2 is 2.09 bits per heavy atom. The number of Topliss-reactive ketones (excluding diaryl/α,β-unsaturated/α-hetero) is 1. The number of carbonyl (C=O) groups is 4. The highest BCUT2D eigenvalue weighted by molar-refractivity contribution is 7.99. The number of carbonyl (C=O) groups excluding carboxylic acids is 3. The smallest absolute Gasteiger partial charge is 0.327 e. The minimum atomic E-state index is -1.10. The summed E-state index contributed by atoms with van der Waals surface area (Å²) >= 11 is 1.31. The number of ketones is 1. The molecule has 0 radical (unpaired) electrons. The minimum absolute atomic E-state index is 0.00653. The summed E-state index contributed by atoms with van der Waals surface area (Å²) in [6.45, 7) is 2.81. The summed E-state index contributed by atoms with van der Waals surface area (Å²) in [4.78, 5) is 44.7. The quantitative estimate of drug-likeness (QED) is 0.622. The van der Waals surface area contributed by atoms with Crippen LogP contribution in [0.3, 0.4) is 0 Å². The van der Waals surface area contributed by atoms with Crippen molar-refractivity contribution in [1.82, 2.24) is 5.32 Å². The molecule has 7 nitrogen and oxygen atoms in total. The molecule has 0 aromatic carbocycles. The molecule has 124 valence electrons. The Hall–Kier alpha value is -1.57. The molecule has 0 aromatic heterocycles. The van der Waals surface area contributed by atoms with Gasteiger partial charge in [-0.3, -0.25) is 14.4 Å². The third-order valence-corrected chi connectivity index (χ3v) is 4.67. The van der Waals surface area contributed by atoms with Crippen molar-refractivity contribution < 1.29 is 29.0 Å². The van der Waals surface area contributed by atoms with Crippen molar-refractivity contribution >= 4 is 35.4 Å². The van der Waals surface area contributed by atoms with Gasteiger partial charge in [0, 0.05) is 43.6 Å². The molecule has 1 unspecified atom stereocenters. The van der Waals surface area contributed by atoms with E-state index < -0.39 is 17.9 Å². The molecule has 1 saturated carbocycles. The number of amides is 1. The highest BCUT2D eigenvalue weighted by Gasteiger charge is 2.35. The zero-order chi connectivity index (χ0) is 16.7. The predicted octanol–water partition coefficient (Wildman–Crippen LogP) is 0.467. The zero-order valence-corrected chi connectivity index (χ0v) is 13.5. The normalized spacial score (nSPS) is 22.2. The fourth-order valence-corrected chi connectivity index (χ4v) is 3.67. The second kappa shape index (κ2) is 8.77. The summed E-state index contributed by atoms with van der Waals surface area (Å²) in [5, 5.41) is 11.4. The lowest BCUT2D eigenvalue weighted by Gasteiger charge is -2.19. The molecule has 0 bridgehead atoms. The lowest BCUT2D eigenvalue weighted by Crippen LogP contribution is -2.41. The van der Waals surface area contributed by atoms with Crippen LogP contribution in [0.5, 0.6) is 0 Å². The number of hydrogen-bond acceptors (Lipinski definition) is 6. The van der Waals surface area contributed by atoms with Gasteiger partial charge in [0.1, 0.15) is 11.8 Å². The molecule has 22 heavy (non-hydrogen) atoms. The number of carboxylic acids is 1. The number of nitrogens with one attached hydrogen (secondary N) is 1. The Morgan fingerprint density at radius 3 is 2.64 bits per heavy atom. The van der Waals surface area contributed by atoms with Crippen LogP contribution in [0.4, 0.5) is 0 Å². The molecule has 0 heterocycles. The molecular weight excluding hydrogens is 310 g/mol. The van der Waals surface area contributed by atoms with Crippen molar-refractivity contribution in [3.05, 3.63) is 0 Å². The average molecular weight is 331 g/mol. The average Bonchev–Trinajstić information content (AvgIpc) is 2.75. The van der Waals surface area contributed by atoms with Crippen molar-refractivity contribution in [3.8, 4) is 0 Å². The predicted molar refractivity (Wildman–Crippen MR) is 80.4 cm³/mol. The van der Waals surface area contributed by atoms with Crippen LogP contribution < -0.4 is 5.32 Å². The second-order valence-electron chi connectivity index (χ2n) is 5.30. The van der Waals surface area contributed by atoms with Crippen LogP contribution in [-0.4, -0.2) is 52.9 Å². The summed E-state index contributed by atoms with van der Waals surface area (Å²) < 4.78 is 4.97. The van der Waals surface area contributed by atoms with Gasteiger partial charge in [-0.2, -0.15) is 11.8 Å². The molecule has 0 spiro atoms. The lowest BCUT2D eigenvalue weighted by molar-refractivity contribution is -0.143. The van der Waals surface area contributed by atoms with Crippen molar-refractivity contribution in [2.45, 2.75) is 32.7 Å². The number of aliphatic carboxylic acids is 1. The van der Waals surface area contributed by atoms with E-state index in [0.29, 0.717) is 18.6 Å². The van der Waals surface area contributed by atoms with Crippen molar-refractivity contribution in [2.75, 3.05) is 18.1 Å². The summed E-state index contributed by atoms with van der Waals surface area (Å²) in [6.07, 6.45) is 1.15. The van der Waals surface area contributed by atoms with E-state index in [2.05, 4.69) is 5.32 Å². The number of esters is 1. The largest absolute Gasteiger partial charge is 0.480 e. The third kappa shape index (κ3) is 6.05. The van der Waals surface area contributed by atoms with Crippen molar-refractivity contribution in [3.63, 3.8) is 0 Å². The fraction of sp³-hybridized carbons (Fsp3) is 0.714. The summed E-state index contributed by atoms with van der Waals surface area (Å²) in [6, 6.07) is -0.967. The molecule has 0 aromatic rings. The number of rotatable bonds is 8. The number of ether oxygens (including phenoxy) is 1. The molecule has 1 rings (SSSR count). The second-order valence-corrected chi connectivity index (χ2v) is 6.38. The highest BCUT2D eigenvalue weighted by Crippen LogP contribution is 2.31. The molecule has 0 aliphatic heterocycles. The van der Waals surface area contributed by atoms with Gasteiger partial charge in [-0.15, -0.1) is 0 Å².